The molecule has 0 unspecified atom stereocenters. The van der Waals surface area contributed by atoms with E-state index in [1.165, 1.54) is 0 Å². The van der Waals surface area contributed by atoms with Crippen LogP contribution in [-0.2, 0) is 5.41 Å². The Bertz CT molecular complexity index is 284. The minimum atomic E-state index is 0.0851. The number of nitrogens with two attached hydrogens (primary N) is 1. The fourth-order valence-electron chi connectivity index (χ4n) is 0.949. The van der Waals surface area contributed by atoms with Crippen molar-refractivity contribution in [2.75, 3.05) is 5.73 Å². The van der Waals surface area contributed by atoms with Gasteiger partial charge in [-0.25, -0.2) is 0 Å². The zero-order valence-electron chi connectivity index (χ0n) is 8.18. The fraction of sp³-hybridized carbons (Fsp3) is 0.500. The van der Waals surface area contributed by atoms with E-state index in [0.29, 0.717) is 0 Å². The van der Waals surface area contributed by atoms with Crippen LogP contribution in [0.3, 0.4) is 0 Å². The Labute approximate surface area is 73.8 Å². The smallest absolute Gasteiger partial charge is 0.0477 e. The molecule has 1 rings (SSSR count). The van der Waals surface area contributed by atoms with Gasteiger partial charge >= 0.3 is 0 Å². The summed E-state index contributed by atoms with van der Waals surface area (Å²) >= 11 is 0. The molecule has 2 N–H and O–H groups in total. The molecule has 0 amide bonds. The SMILES string of the molecule is Cc1cnc(C(C)(C)C)cc1N. The molecular weight excluding hydrogens is 148 g/mol. The van der Waals surface area contributed by atoms with Crippen LogP contribution in [0.25, 0.3) is 0 Å². The molecule has 0 spiro atoms. The van der Waals surface area contributed by atoms with Gasteiger partial charge in [0.2, 0.25) is 0 Å². The van der Waals surface area contributed by atoms with Gasteiger partial charge in [-0.1, -0.05) is 20.8 Å². The first-order valence-electron chi connectivity index (χ1n) is 4.14. The Morgan fingerprint density at radius 1 is 1.33 bits per heavy atom. The average Bonchev–Trinajstić information content (AvgIpc) is 1.92. The van der Waals surface area contributed by atoms with E-state index in [0.717, 1.165) is 16.9 Å². The second kappa shape index (κ2) is 2.77. The van der Waals surface area contributed by atoms with Gasteiger partial charge in [0.15, 0.2) is 0 Å². The highest BCUT2D eigenvalue weighted by Crippen LogP contribution is 2.22. The van der Waals surface area contributed by atoms with E-state index in [-0.39, 0.29) is 5.41 Å². The number of aryl methyl sites for hydroxylation is 1. The molecule has 0 radical (unpaired) electrons. The number of hydrogen-bond acceptors (Lipinski definition) is 2. The van der Waals surface area contributed by atoms with Crippen molar-refractivity contribution in [3.05, 3.63) is 23.5 Å². The van der Waals surface area contributed by atoms with Crippen LogP contribution in [0.4, 0.5) is 5.69 Å². The normalized spacial score (nSPS) is 11.7. The van der Waals surface area contributed by atoms with Crippen LogP contribution in [0, 0.1) is 6.92 Å². The molecule has 1 aromatic heterocycles. The summed E-state index contributed by atoms with van der Waals surface area (Å²) in [7, 11) is 0. The van der Waals surface area contributed by atoms with E-state index in [1.54, 1.807) is 0 Å². The first kappa shape index (κ1) is 9.04. The zero-order valence-corrected chi connectivity index (χ0v) is 8.18. The maximum absolute atomic E-state index is 5.78. The average molecular weight is 164 g/mol. The van der Waals surface area contributed by atoms with Crippen molar-refractivity contribution in [2.45, 2.75) is 33.1 Å². The van der Waals surface area contributed by atoms with E-state index in [1.807, 2.05) is 19.2 Å². The van der Waals surface area contributed by atoms with Gasteiger partial charge in [-0.3, -0.25) is 4.98 Å². The Hall–Kier alpha value is -1.05. The van der Waals surface area contributed by atoms with Gasteiger partial charge < -0.3 is 5.73 Å². The van der Waals surface area contributed by atoms with E-state index < -0.39 is 0 Å². The van der Waals surface area contributed by atoms with E-state index in [2.05, 4.69) is 25.8 Å². The third-order valence-electron chi connectivity index (χ3n) is 1.91. The van der Waals surface area contributed by atoms with Crippen molar-refractivity contribution in [3.63, 3.8) is 0 Å². The molecular formula is C10H16N2. The molecule has 0 aliphatic carbocycles. The third-order valence-corrected chi connectivity index (χ3v) is 1.91. The van der Waals surface area contributed by atoms with E-state index >= 15 is 0 Å². The predicted molar refractivity (Wildman–Crippen MR) is 52.1 cm³/mol. The topological polar surface area (TPSA) is 38.9 Å². The van der Waals surface area contributed by atoms with Crippen LogP contribution in [0.1, 0.15) is 32.0 Å². The molecule has 1 aromatic rings. The first-order valence-corrected chi connectivity index (χ1v) is 4.14. The molecule has 0 aromatic carbocycles. The molecule has 0 aliphatic rings. The second-order valence-electron chi connectivity index (χ2n) is 4.18. The molecule has 0 atom stereocenters. The lowest BCUT2D eigenvalue weighted by molar-refractivity contribution is 0.569. The summed E-state index contributed by atoms with van der Waals surface area (Å²) in [4.78, 5) is 4.33. The molecule has 66 valence electrons. The molecule has 0 aliphatic heterocycles. The number of aromatic nitrogens is 1. The van der Waals surface area contributed by atoms with Gasteiger partial charge in [-0.15, -0.1) is 0 Å². The van der Waals surface area contributed by atoms with Gasteiger partial charge in [0, 0.05) is 23.0 Å². The van der Waals surface area contributed by atoms with Crippen molar-refractivity contribution in [2.24, 2.45) is 0 Å². The fourth-order valence-corrected chi connectivity index (χ4v) is 0.949. The highest BCUT2D eigenvalue weighted by molar-refractivity contribution is 5.46. The van der Waals surface area contributed by atoms with E-state index in [9.17, 15) is 0 Å². The van der Waals surface area contributed by atoms with Crippen molar-refractivity contribution in [1.82, 2.24) is 4.98 Å². The monoisotopic (exact) mass is 164 g/mol. The van der Waals surface area contributed by atoms with Gasteiger partial charge in [-0.2, -0.15) is 0 Å². The summed E-state index contributed by atoms with van der Waals surface area (Å²) in [6, 6.07) is 1.95. The van der Waals surface area contributed by atoms with Gasteiger partial charge in [0.25, 0.3) is 0 Å². The molecule has 1 heterocycles. The van der Waals surface area contributed by atoms with Crippen molar-refractivity contribution in [1.29, 1.82) is 0 Å². The quantitative estimate of drug-likeness (QED) is 0.638. The number of anilines is 1. The molecule has 0 fully saturated rings. The van der Waals surface area contributed by atoms with E-state index in [4.69, 9.17) is 5.73 Å². The van der Waals surface area contributed by atoms with Gasteiger partial charge in [0.05, 0.1) is 0 Å². The number of hydrogen-bond donors (Lipinski definition) is 1. The number of nitrogen functional groups attached to an aromatic ring is 1. The summed E-state index contributed by atoms with van der Waals surface area (Å²) < 4.78 is 0. The highest BCUT2D eigenvalue weighted by Gasteiger charge is 2.15. The Balaban J connectivity index is 3.14. The largest absolute Gasteiger partial charge is 0.398 e. The van der Waals surface area contributed by atoms with Crippen LogP contribution < -0.4 is 5.73 Å². The molecule has 0 saturated carbocycles. The highest BCUT2D eigenvalue weighted by atomic mass is 14.7. The maximum Gasteiger partial charge on any atom is 0.0477 e. The van der Waals surface area contributed by atoms with Gasteiger partial charge in [0.1, 0.15) is 0 Å². The lowest BCUT2D eigenvalue weighted by Crippen LogP contribution is -2.14. The number of nitrogens with zero attached hydrogens (tertiary/aromatic N) is 1. The minimum absolute atomic E-state index is 0.0851. The van der Waals surface area contributed by atoms with Crippen LogP contribution in [0.15, 0.2) is 12.3 Å². The van der Waals surface area contributed by atoms with Gasteiger partial charge in [-0.05, 0) is 18.6 Å². The number of rotatable bonds is 0. The first-order chi connectivity index (χ1) is 5.41. The van der Waals surface area contributed by atoms with Crippen LogP contribution in [-0.4, -0.2) is 4.98 Å². The zero-order chi connectivity index (χ0) is 9.35. The molecule has 2 nitrogen and oxygen atoms in total. The van der Waals surface area contributed by atoms with Crippen LogP contribution in [0.5, 0.6) is 0 Å². The standard InChI is InChI=1S/C10H16N2/c1-7-6-12-9(5-8(7)11)10(2,3)4/h5-6H,1-4H3,(H2,11,12). The summed E-state index contributed by atoms with van der Waals surface area (Å²) in [5, 5.41) is 0. The summed E-state index contributed by atoms with van der Waals surface area (Å²) in [6.45, 7) is 8.35. The van der Waals surface area contributed by atoms with Crippen molar-refractivity contribution >= 4 is 5.69 Å². The Kier molecular flexibility index (Phi) is 2.09. The molecule has 12 heavy (non-hydrogen) atoms. The Morgan fingerprint density at radius 3 is 2.33 bits per heavy atom. The predicted octanol–water partition coefficient (Wildman–Crippen LogP) is 2.27. The molecule has 0 bridgehead atoms. The van der Waals surface area contributed by atoms with Crippen LogP contribution in [0.2, 0.25) is 0 Å². The number of pyridine rings is 1. The maximum atomic E-state index is 5.78. The van der Waals surface area contributed by atoms with Crippen LogP contribution >= 0.6 is 0 Å². The molecule has 0 saturated heterocycles. The summed E-state index contributed by atoms with van der Waals surface area (Å²) in [5.74, 6) is 0. The lowest BCUT2D eigenvalue weighted by atomic mass is 9.91. The third kappa shape index (κ3) is 1.76. The van der Waals surface area contributed by atoms with Crippen molar-refractivity contribution in [3.8, 4) is 0 Å². The summed E-state index contributed by atoms with van der Waals surface area (Å²) in [6.07, 6.45) is 1.83. The molecule has 2 heteroatoms. The van der Waals surface area contributed by atoms with Crippen molar-refractivity contribution < 1.29 is 0 Å². The Morgan fingerprint density at radius 2 is 1.92 bits per heavy atom. The summed E-state index contributed by atoms with van der Waals surface area (Å²) in [5.41, 5.74) is 8.78. The minimum Gasteiger partial charge on any atom is -0.398 e. The second-order valence-corrected chi connectivity index (χ2v) is 4.18. The lowest BCUT2D eigenvalue weighted by Gasteiger charge is -2.18.